The van der Waals surface area contributed by atoms with E-state index in [0.717, 1.165) is 9.99 Å². The highest BCUT2D eigenvalue weighted by Crippen LogP contribution is 2.31. The monoisotopic (exact) mass is 610 g/mol. The molecule has 0 spiro atoms. The van der Waals surface area contributed by atoms with Gasteiger partial charge in [-0.25, -0.2) is 4.39 Å². The second kappa shape index (κ2) is 13.7. The third-order valence-corrected chi connectivity index (χ3v) is 6.97. The molecule has 194 valence electrons. The lowest BCUT2D eigenvalue weighted by molar-refractivity contribution is -0.139. The molecule has 9 heteroatoms. The summed E-state index contributed by atoms with van der Waals surface area (Å²) in [6.45, 7) is 1.78. The Hall–Kier alpha value is -2.50. The molecular weight excluding hydrogens is 578 g/mol. The van der Waals surface area contributed by atoms with Crippen LogP contribution in [0.15, 0.2) is 60.2 Å². The van der Waals surface area contributed by atoms with Crippen molar-refractivity contribution in [1.29, 1.82) is 0 Å². The van der Waals surface area contributed by atoms with E-state index < -0.39 is 30.0 Å². The van der Waals surface area contributed by atoms with Gasteiger partial charge in [-0.05, 0) is 53.3 Å². The average Bonchev–Trinajstić information content (AvgIpc) is 2.88. The van der Waals surface area contributed by atoms with Crippen LogP contribution in [-0.2, 0) is 16.1 Å². The van der Waals surface area contributed by atoms with Crippen LogP contribution in [0, 0.1) is 9.39 Å². The van der Waals surface area contributed by atoms with Crippen molar-refractivity contribution in [3.63, 3.8) is 0 Å². The van der Waals surface area contributed by atoms with Gasteiger partial charge in [0.25, 0.3) is 0 Å². The molecule has 0 aliphatic heterocycles. The second-order valence-electron chi connectivity index (χ2n) is 8.66. The number of halogens is 2. The topological polar surface area (TPSA) is 99.1 Å². The Morgan fingerprint density at radius 1 is 1.19 bits per heavy atom. The molecule has 0 heterocycles. The minimum Gasteiger partial charge on any atom is -0.482 e. The first-order valence-electron chi connectivity index (χ1n) is 12.1. The number of rotatable bonds is 11. The molecule has 0 unspecified atom stereocenters. The van der Waals surface area contributed by atoms with Gasteiger partial charge in [0.2, 0.25) is 11.8 Å². The van der Waals surface area contributed by atoms with E-state index >= 15 is 0 Å². The number of amides is 2. The van der Waals surface area contributed by atoms with E-state index in [1.54, 1.807) is 30.3 Å². The van der Waals surface area contributed by atoms with Crippen LogP contribution in [0.5, 0.6) is 5.75 Å². The fourth-order valence-electron chi connectivity index (χ4n) is 4.14. The summed E-state index contributed by atoms with van der Waals surface area (Å²) in [5.74, 6) is -0.551. The average molecular weight is 610 g/mol. The Morgan fingerprint density at radius 3 is 2.61 bits per heavy atom. The first-order valence-corrected chi connectivity index (χ1v) is 13.2. The normalized spacial score (nSPS) is 19.4. The van der Waals surface area contributed by atoms with Gasteiger partial charge in [0.15, 0.2) is 0 Å². The molecule has 0 fully saturated rings. The standard InChI is InChI=1S/C27H32FIN2O5/c1-2-3-12-25(33)31(17-18-8-4-5-9-20(18)28)22-15-19(27(35)30-13-14-32)16-24(26(22)34)36-23-11-7-6-10-21(23)29/h4-11,16,22,24,26,32,34H,2-3,12-15,17H2,1H3,(H,30,35)/t22-,24+,26+/m1/s1. The number of ether oxygens (including phenoxy) is 1. The molecule has 0 bridgehead atoms. The maximum atomic E-state index is 14.6. The van der Waals surface area contributed by atoms with Crippen LogP contribution in [-0.4, -0.2) is 58.3 Å². The number of carbonyl (C=O) groups is 2. The number of unbranched alkanes of at least 4 members (excludes halogenated alkanes) is 1. The summed E-state index contributed by atoms with van der Waals surface area (Å²) < 4.78 is 21.5. The van der Waals surface area contributed by atoms with Gasteiger partial charge in [-0.2, -0.15) is 0 Å². The number of carbonyl (C=O) groups excluding carboxylic acids is 2. The molecule has 0 aromatic heterocycles. The zero-order chi connectivity index (χ0) is 26.1. The number of hydrogen-bond acceptors (Lipinski definition) is 5. The lowest BCUT2D eigenvalue weighted by Gasteiger charge is -2.40. The Balaban J connectivity index is 1.98. The van der Waals surface area contributed by atoms with Crippen molar-refractivity contribution in [1.82, 2.24) is 10.2 Å². The van der Waals surface area contributed by atoms with Gasteiger partial charge >= 0.3 is 0 Å². The molecule has 7 nitrogen and oxygen atoms in total. The van der Waals surface area contributed by atoms with Gasteiger partial charge < -0.3 is 25.2 Å². The van der Waals surface area contributed by atoms with Crippen molar-refractivity contribution in [2.75, 3.05) is 13.2 Å². The third-order valence-electron chi connectivity index (χ3n) is 6.08. The van der Waals surface area contributed by atoms with Crippen molar-refractivity contribution < 1.29 is 28.9 Å². The Kier molecular flexibility index (Phi) is 10.7. The van der Waals surface area contributed by atoms with Crippen molar-refractivity contribution in [2.45, 2.75) is 57.4 Å². The molecule has 36 heavy (non-hydrogen) atoms. The molecule has 2 aromatic carbocycles. The van der Waals surface area contributed by atoms with Crippen LogP contribution in [0.3, 0.4) is 0 Å². The zero-order valence-electron chi connectivity index (χ0n) is 20.2. The van der Waals surface area contributed by atoms with Gasteiger partial charge in [-0.1, -0.05) is 43.7 Å². The van der Waals surface area contributed by atoms with Crippen molar-refractivity contribution in [3.8, 4) is 5.75 Å². The van der Waals surface area contributed by atoms with Gasteiger partial charge in [0, 0.05) is 37.1 Å². The summed E-state index contributed by atoms with van der Waals surface area (Å²) in [5, 5.41) is 23.2. The van der Waals surface area contributed by atoms with Gasteiger partial charge in [-0.3, -0.25) is 9.59 Å². The van der Waals surface area contributed by atoms with Crippen LogP contribution >= 0.6 is 22.6 Å². The van der Waals surface area contributed by atoms with E-state index in [1.807, 2.05) is 25.1 Å². The molecule has 2 aromatic rings. The summed E-state index contributed by atoms with van der Waals surface area (Å²) in [5.41, 5.74) is 0.655. The van der Waals surface area contributed by atoms with Crippen LogP contribution in [0.25, 0.3) is 0 Å². The number of aliphatic hydroxyl groups is 2. The number of hydrogen-bond donors (Lipinski definition) is 3. The smallest absolute Gasteiger partial charge is 0.247 e. The van der Waals surface area contributed by atoms with E-state index in [9.17, 15) is 19.1 Å². The van der Waals surface area contributed by atoms with Crippen LogP contribution in [0.2, 0.25) is 0 Å². The predicted octanol–water partition coefficient (Wildman–Crippen LogP) is 3.56. The van der Waals surface area contributed by atoms with E-state index in [-0.39, 0.29) is 38.4 Å². The second-order valence-corrected chi connectivity index (χ2v) is 9.83. The Bertz CT molecular complexity index is 1080. The van der Waals surface area contributed by atoms with Crippen LogP contribution in [0.4, 0.5) is 4.39 Å². The summed E-state index contributed by atoms with van der Waals surface area (Å²) in [6, 6.07) is 12.7. The highest BCUT2D eigenvalue weighted by Gasteiger charge is 2.40. The fraction of sp³-hybridized carbons (Fsp3) is 0.407. The quantitative estimate of drug-likeness (QED) is 0.338. The van der Waals surface area contributed by atoms with Gasteiger partial charge in [0.05, 0.1) is 16.2 Å². The minimum atomic E-state index is -1.16. The zero-order valence-corrected chi connectivity index (χ0v) is 22.4. The van der Waals surface area contributed by atoms with Crippen molar-refractivity contribution >= 4 is 34.4 Å². The molecule has 1 aliphatic rings. The summed E-state index contributed by atoms with van der Waals surface area (Å²) in [7, 11) is 0. The molecule has 0 saturated heterocycles. The molecular formula is C27H32FIN2O5. The molecule has 2 amide bonds. The molecule has 3 atom stereocenters. The van der Waals surface area contributed by atoms with Crippen LogP contribution < -0.4 is 10.1 Å². The largest absolute Gasteiger partial charge is 0.482 e. The highest BCUT2D eigenvalue weighted by molar-refractivity contribution is 14.1. The first kappa shape index (κ1) is 28.1. The molecule has 0 saturated carbocycles. The predicted molar refractivity (Wildman–Crippen MR) is 143 cm³/mol. The summed E-state index contributed by atoms with van der Waals surface area (Å²) in [6.07, 6.45) is 1.25. The SMILES string of the molecule is CCCCC(=O)N(Cc1ccccc1F)[C@@H]1CC(C(=O)NCCO)=C[C@H](Oc2ccccc2I)[C@H]1O. The first-order chi connectivity index (χ1) is 17.3. The Labute approximate surface area is 224 Å². The molecule has 3 N–H and O–H groups in total. The third kappa shape index (κ3) is 7.27. The van der Waals surface area contributed by atoms with E-state index in [2.05, 4.69) is 27.9 Å². The maximum Gasteiger partial charge on any atom is 0.247 e. The van der Waals surface area contributed by atoms with E-state index in [4.69, 9.17) is 9.84 Å². The molecule has 0 radical (unpaired) electrons. The van der Waals surface area contributed by atoms with E-state index in [1.165, 1.54) is 11.0 Å². The summed E-state index contributed by atoms with van der Waals surface area (Å²) >= 11 is 2.12. The van der Waals surface area contributed by atoms with Crippen molar-refractivity contribution in [2.24, 2.45) is 0 Å². The van der Waals surface area contributed by atoms with Gasteiger partial charge in [0.1, 0.15) is 23.8 Å². The minimum absolute atomic E-state index is 0.0436. The lowest BCUT2D eigenvalue weighted by Crippen LogP contribution is -2.54. The fourth-order valence-corrected chi connectivity index (χ4v) is 4.65. The number of nitrogens with zero attached hydrogens (tertiary/aromatic N) is 1. The lowest BCUT2D eigenvalue weighted by atomic mass is 9.87. The number of para-hydroxylation sites is 1. The number of aliphatic hydroxyl groups excluding tert-OH is 2. The number of nitrogens with one attached hydrogen (secondary N) is 1. The highest BCUT2D eigenvalue weighted by atomic mass is 127. The van der Waals surface area contributed by atoms with Gasteiger partial charge in [-0.15, -0.1) is 0 Å². The van der Waals surface area contributed by atoms with Crippen molar-refractivity contribution in [3.05, 3.63) is 75.1 Å². The summed E-state index contributed by atoms with van der Waals surface area (Å²) in [4.78, 5) is 27.7. The maximum absolute atomic E-state index is 14.6. The Morgan fingerprint density at radius 2 is 1.92 bits per heavy atom. The van der Waals surface area contributed by atoms with Crippen LogP contribution in [0.1, 0.15) is 38.2 Å². The molecule has 1 aliphatic carbocycles. The number of benzene rings is 2. The van der Waals surface area contributed by atoms with E-state index in [0.29, 0.717) is 23.3 Å². The molecule has 3 rings (SSSR count).